The van der Waals surface area contributed by atoms with Gasteiger partial charge in [0, 0.05) is 5.92 Å². The van der Waals surface area contributed by atoms with Gasteiger partial charge in [0.15, 0.2) is 0 Å². The first-order valence-electron chi connectivity index (χ1n) is 8.03. The van der Waals surface area contributed by atoms with Gasteiger partial charge in [-0.15, -0.1) is 0 Å². The molecule has 24 heavy (non-hydrogen) atoms. The molecule has 0 radical (unpaired) electrons. The monoisotopic (exact) mass is 324 g/mol. The number of imide groups is 1. The summed E-state index contributed by atoms with van der Waals surface area (Å²) in [4.78, 5) is 23.5. The third kappa shape index (κ3) is 3.03. The molecule has 0 heterocycles. The third-order valence-electron chi connectivity index (χ3n) is 4.35. The molecular formula is C19H20N2O3. The molecule has 1 atom stereocenters. The molecule has 2 amide bonds. The summed E-state index contributed by atoms with van der Waals surface area (Å²) in [5.74, 6) is -0.548. The number of alkyl carbamates (subject to hydrolysis) is 1. The van der Waals surface area contributed by atoms with Crippen molar-refractivity contribution in [3.63, 3.8) is 0 Å². The van der Waals surface area contributed by atoms with Gasteiger partial charge >= 0.3 is 6.09 Å². The van der Waals surface area contributed by atoms with Gasteiger partial charge < -0.3 is 10.5 Å². The van der Waals surface area contributed by atoms with Crippen molar-refractivity contribution in [3.05, 3.63) is 59.7 Å². The van der Waals surface area contributed by atoms with E-state index >= 15 is 0 Å². The highest BCUT2D eigenvalue weighted by Gasteiger charge is 2.29. The first-order valence-corrected chi connectivity index (χ1v) is 8.03. The van der Waals surface area contributed by atoms with E-state index in [-0.39, 0.29) is 12.5 Å². The first-order chi connectivity index (χ1) is 11.6. The molecule has 1 aliphatic carbocycles. The maximum Gasteiger partial charge on any atom is 0.413 e. The first kappa shape index (κ1) is 16.2. The summed E-state index contributed by atoms with van der Waals surface area (Å²) in [6.45, 7) is 1.95. The summed E-state index contributed by atoms with van der Waals surface area (Å²) in [7, 11) is 0. The van der Waals surface area contributed by atoms with Crippen LogP contribution in [0.15, 0.2) is 48.5 Å². The molecule has 0 saturated heterocycles. The van der Waals surface area contributed by atoms with Crippen molar-refractivity contribution >= 4 is 12.0 Å². The van der Waals surface area contributed by atoms with E-state index in [1.807, 2.05) is 36.4 Å². The van der Waals surface area contributed by atoms with E-state index in [0.717, 1.165) is 22.3 Å². The molecule has 1 aliphatic rings. The zero-order chi connectivity index (χ0) is 17.1. The van der Waals surface area contributed by atoms with Crippen molar-refractivity contribution in [2.45, 2.75) is 25.3 Å². The van der Waals surface area contributed by atoms with Crippen molar-refractivity contribution in [2.24, 2.45) is 5.73 Å². The standard InChI is InChI=1S/C19H20N2O3/c1-2-17(20)18(22)21-19(23)24-11-16-14-9-5-3-7-12(14)13-8-4-6-10-15(13)16/h3-10,16-17H,2,11,20H2,1H3,(H,21,22,23). The van der Waals surface area contributed by atoms with Crippen LogP contribution in [0.2, 0.25) is 0 Å². The van der Waals surface area contributed by atoms with E-state index in [1.165, 1.54) is 0 Å². The second-order valence-corrected chi connectivity index (χ2v) is 5.83. The Morgan fingerprint density at radius 2 is 1.62 bits per heavy atom. The maximum atomic E-state index is 11.8. The topological polar surface area (TPSA) is 81.4 Å². The number of nitrogens with two attached hydrogens (primary N) is 1. The van der Waals surface area contributed by atoms with Crippen molar-refractivity contribution in [1.82, 2.24) is 5.32 Å². The van der Waals surface area contributed by atoms with Gasteiger partial charge in [-0.1, -0.05) is 55.5 Å². The molecule has 2 aromatic rings. The van der Waals surface area contributed by atoms with Crippen LogP contribution >= 0.6 is 0 Å². The van der Waals surface area contributed by atoms with Crippen LogP contribution < -0.4 is 11.1 Å². The molecule has 124 valence electrons. The number of carbonyl (C=O) groups excluding carboxylic acids is 2. The highest BCUT2D eigenvalue weighted by Crippen LogP contribution is 2.44. The van der Waals surface area contributed by atoms with Crippen LogP contribution in [0.4, 0.5) is 4.79 Å². The van der Waals surface area contributed by atoms with Gasteiger partial charge in [-0.2, -0.15) is 0 Å². The third-order valence-corrected chi connectivity index (χ3v) is 4.35. The van der Waals surface area contributed by atoms with Crippen LogP contribution in [0.5, 0.6) is 0 Å². The fraction of sp³-hybridized carbons (Fsp3) is 0.263. The molecule has 2 aromatic carbocycles. The number of carbonyl (C=O) groups is 2. The smallest absolute Gasteiger partial charge is 0.413 e. The number of fused-ring (bicyclic) bond motifs is 3. The largest absolute Gasteiger partial charge is 0.448 e. The van der Waals surface area contributed by atoms with Crippen molar-refractivity contribution in [1.29, 1.82) is 0 Å². The van der Waals surface area contributed by atoms with Crippen LogP contribution in [0, 0.1) is 0 Å². The Morgan fingerprint density at radius 1 is 1.08 bits per heavy atom. The Morgan fingerprint density at radius 3 is 2.17 bits per heavy atom. The molecule has 0 saturated carbocycles. The lowest BCUT2D eigenvalue weighted by Gasteiger charge is -2.15. The molecule has 0 bridgehead atoms. The molecule has 5 nitrogen and oxygen atoms in total. The van der Waals surface area contributed by atoms with E-state index in [1.54, 1.807) is 6.92 Å². The van der Waals surface area contributed by atoms with E-state index < -0.39 is 18.0 Å². The van der Waals surface area contributed by atoms with Gasteiger partial charge in [0.05, 0.1) is 6.04 Å². The van der Waals surface area contributed by atoms with Gasteiger partial charge in [-0.05, 0) is 28.7 Å². The zero-order valence-corrected chi connectivity index (χ0v) is 13.5. The van der Waals surface area contributed by atoms with Crippen molar-refractivity contribution in [2.75, 3.05) is 6.61 Å². The average Bonchev–Trinajstić information content (AvgIpc) is 2.93. The Balaban J connectivity index is 1.72. The molecule has 3 rings (SSSR count). The van der Waals surface area contributed by atoms with Gasteiger partial charge in [0.1, 0.15) is 6.61 Å². The molecule has 0 aromatic heterocycles. The van der Waals surface area contributed by atoms with Gasteiger partial charge in [0.2, 0.25) is 5.91 Å². The molecule has 0 aliphatic heterocycles. The Labute approximate surface area is 140 Å². The summed E-state index contributed by atoms with van der Waals surface area (Å²) < 4.78 is 5.28. The summed E-state index contributed by atoms with van der Waals surface area (Å²) in [5, 5.41) is 2.18. The minimum absolute atomic E-state index is 0.0295. The lowest BCUT2D eigenvalue weighted by atomic mass is 9.98. The molecular weight excluding hydrogens is 304 g/mol. The Hall–Kier alpha value is -2.66. The molecule has 0 spiro atoms. The quantitative estimate of drug-likeness (QED) is 0.906. The Kier molecular flexibility index (Phi) is 4.62. The van der Waals surface area contributed by atoms with E-state index in [4.69, 9.17) is 10.5 Å². The number of hydrogen-bond donors (Lipinski definition) is 2. The Bertz CT molecular complexity index is 727. The van der Waals surface area contributed by atoms with E-state index in [0.29, 0.717) is 6.42 Å². The average molecular weight is 324 g/mol. The lowest BCUT2D eigenvalue weighted by molar-refractivity contribution is -0.121. The lowest BCUT2D eigenvalue weighted by Crippen LogP contribution is -2.43. The number of benzene rings is 2. The predicted molar refractivity (Wildman–Crippen MR) is 91.5 cm³/mol. The number of nitrogens with one attached hydrogen (secondary N) is 1. The van der Waals surface area contributed by atoms with Crippen molar-refractivity contribution < 1.29 is 14.3 Å². The van der Waals surface area contributed by atoms with E-state index in [9.17, 15) is 9.59 Å². The number of hydrogen-bond acceptors (Lipinski definition) is 4. The minimum atomic E-state index is -0.759. The number of ether oxygens (including phenoxy) is 1. The fourth-order valence-electron chi connectivity index (χ4n) is 3.01. The van der Waals surface area contributed by atoms with Crippen LogP contribution in [-0.2, 0) is 9.53 Å². The predicted octanol–water partition coefficient (Wildman–Crippen LogP) is 2.79. The summed E-state index contributed by atoms with van der Waals surface area (Å²) in [6.07, 6.45) is -0.298. The highest BCUT2D eigenvalue weighted by molar-refractivity contribution is 5.94. The molecule has 5 heteroatoms. The molecule has 3 N–H and O–H groups in total. The van der Waals surface area contributed by atoms with Gasteiger partial charge in [-0.25, -0.2) is 4.79 Å². The zero-order valence-electron chi connectivity index (χ0n) is 13.5. The number of rotatable bonds is 4. The van der Waals surface area contributed by atoms with E-state index in [2.05, 4.69) is 17.4 Å². The second-order valence-electron chi connectivity index (χ2n) is 5.83. The van der Waals surface area contributed by atoms with Crippen LogP contribution in [0.3, 0.4) is 0 Å². The summed E-state index contributed by atoms with van der Waals surface area (Å²) in [6, 6.07) is 15.5. The van der Waals surface area contributed by atoms with Gasteiger partial charge in [-0.3, -0.25) is 10.1 Å². The maximum absolute atomic E-state index is 11.8. The van der Waals surface area contributed by atoms with Gasteiger partial charge in [0.25, 0.3) is 0 Å². The SMILES string of the molecule is CCC(N)C(=O)NC(=O)OCC1c2ccccc2-c2ccccc21. The van der Waals surface area contributed by atoms with Crippen LogP contribution in [-0.4, -0.2) is 24.6 Å². The van der Waals surface area contributed by atoms with Crippen molar-refractivity contribution in [3.8, 4) is 11.1 Å². The number of amides is 2. The minimum Gasteiger partial charge on any atom is -0.448 e. The molecule has 0 fully saturated rings. The fourth-order valence-corrected chi connectivity index (χ4v) is 3.01. The summed E-state index contributed by atoms with van der Waals surface area (Å²) in [5.41, 5.74) is 10.2. The molecule has 1 unspecified atom stereocenters. The second kappa shape index (κ2) is 6.84. The summed E-state index contributed by atoms with van der Waals surface area (Å²) >= 11 is 0. The highest BCUT2D eigenvalue weighted by atomic mass is 16.5. The van der Waals surface area contributed by atoms with Crippen LogP contribution in [0.25, 0.3) is 11.1 Å². The normalized spacial score (nSPS) is 13.8. The van der Waals surface area contributed by atoms with Crippen LogP contribution in [0.1, 0.15) is 30.4 Å².